The summed E-state index contributed by atoms with van der Waals surface area (Å²) < 4.78 is 0. The van der Waals surface area contributed by atoms with E-state index in [0.29, 0.717) is 24.3 Å². The highest BCUT2D eigenvalue weighted by Crippen LogP contribution is 2.37. The molecule has 0 radical (unpaired) electrons. The first kappa shape index (κ1) is 28.2. The SMILES string of the molecule is O=C(N/N=C\C=N\NC(=O)C1=NNC(c2ccccc2)(c2ccccc2)C1)C1=NNC(c2ccccc2)(c2ccccc2)C1. The third kappa shape index (κ3) is 5.60. The van der Waals surface area contributed by atoms with Crippen LogP contribution in [0.15, 0.2) is 142 Å². The molecule has 4 N–H and O–H groups in total. The van der Waals surface area contributed by atoms with E-state index < -0.39 is 22.9 Å². The summed E-state index contributed by atoms with van der Waals surface area (Å²) in [6.45, 7) is 0. The summed E-state index contributed by atoms with van der Waals surface area (Å²) in [5.41, 5.74) is 14.6. The highest BCUT2D eigenvalue weighted by atomic mass is 16.2. The van der Waals surface area contributed by atoms with Gasteiger partial charge in [0.2, 0.25) is 0 Å². The molecule has 6 rings (SSSR count). The predicted molar refractivity (Wildman–Crippen MR) is 171 cm³/mol. The largest absolute Gasteiger partial charge is 0.294 e. The molecule has 4 aromatic carbocycles. The van der Waals surface area contributed by atoms with Crippen LogP contribution in [0.1, 0.15) is 35.1 Å². The Morgan fingerprint density at radius 3 is 1.14 bits per heavy atom. The molecule has 0 saturated carbocycles. The lowest BCUT2D eigenvalue weighted by Gasteiger charge is -2.30. The maximum atomic E-state index is 12.9. The lowest BCUT2D eigenvalue weighted by Crippen LogP contribution is -2.38. The van der Waals surface area contributed by atoms with Gasteiger partial charge in [0.05, 0.1) is 12.4 Å². The highest BCUT2D eigenvalue weighted by molar-refractivity contribution is 6.40. The van der Waals surface area contributed by atoms with Crippen LogP contribution >= 0.6 is 0 Å². The molecule has 2 aliphatic heterocycles. The van der Waals surface area contributed by atoms with E-state index in [2.05, 4.69) is 42.1 Å². The maximum Gasteiger partial charge on any atom is 0.287 e. The third-order valence-electron chi connectivity index (χ3n) is 7.77. The molecule has 0 fully saturated rings. The average molecular weight is 583 g/mol. The molecule has 0 aliphatic carbocycles. The van der Waals surface area contributed by atoms with Gasteiger partial charge in [-0.2, -0.15) is 20.4 Å². The van der Waals surface area contributed by atoms with Crippen LogP contribution in [-0.4, -0.2) is 35.7 Å². The first-order valence-corrected chi connectivity index (χ1v) is 14.2. The van der Waals surface area contributed by atoms with E-state index in [1.54, 1.807) is 0 Å². The second-order valence-electron chi connectivity index (χ2n) is 10.4. The number of carbonyl (C=O) groups is 2. The number of nitrogens with zero attached hydrogens (tertiary/aromatic N) is 4. The van der Waals surface area contributed by atoms with Crippen LogP contribution in [-0.2, 0) is 20.7 Å². The van der Waals surface area contributed by atoms with Gasteiger partial charge in [-0.05, 0) is 22.3 Å². The van der Waals surface area contributed by atoms with Crippen molar-refractivity contribution in [2.24, 2.45) is 20.4 Å². The Labute approximate surface area is 254 Å². The fourth-order valence-corrected chi connectivity index (χ4v) is 5.53. The van der Waals surface area contributed by atoms with Gasteiger partial charge >= 0.3 is 0 Å². The summed E-state index contributed by atoms with van der Waals surface area (Å²) in [6.07, 6.45) is 3.23. The third-order valence-corrected chi connectivity index (χ3v) is 7.77. The zero-order chi connectivity index (χ0) is 30.2. The molecule has 2 heterocycles. The predicted octanol–water partition coefficient (Wildman–Crippen LogP) is 3.78. The van der Waals surface area contributed by atoms with Crippen molar-refractivity contribution in [3.63, 3.8) is 0 Å². The Hall–Kier alpha value is -5.90. The fraction of sp³-hybridized carbons (Fsp3) is 0.118. The van der Waals surface area contributed by atoms with Crippen molar-refractivity contribution in [3.05, 3.63) is 144 Å². The Kier molecular flexibility index (Phi) is 8.04. The van der Waals surface area contributed by atoms with Crippen molar-refractivity contribution >= 4 is 35.7 Å². The van der Waals surface area contributed by atoms with Crippen LogP contribution in [0.4, 0.5) is 0 Å². The first-order valence-electron chi connectivity index (χ1n) is 14.2. The summed E-state index contributed by atoms with van der Waals surface area (Å²) in [7, 11) is 0. The van der Waals surface area contributed by atoms with Crippen LogP contribution in [0.2, 0.25) is 0 Å². The van der Waals surface area contributed by atoms with E-state index in [-0.39, 0.29) is 0 Å². The Balaban J connectivity index is 1.04. The van der Waals surface area contributed by atoms with Crippen LogP contribution < -0.4 is 21.7 Å². The standard InChI is InChI=1S/C34H30N8O2/c43-31(29-23-33(41-37-29,25-13-5-1-6-14-25)26-15-7-2-8-16-26)39-35-21-22-36-40-32(44)30-24-34(42-38-30,27-17-9-3-10-18-27)28-19-11-4-12-20-28/h1-22,41-42H,23-24H2,(H,39,43)(H,40,44)/b35-21-,36-22+. The van der Waals surface area contributed by atoms with E-state index in [4.69, 9.17) is 0 Å². The minimum atomic E-state index is -0.666. The molecule has 0 atom stereocenters. The lowest BCUT2D eigenvalue weighted by atomic mass is 9.80. The number of hydrogen-bond acceptors (Lipinski definition) is 8. The smallest absolute Gasteiger partial charge is 0.287 e. The number of amides is 2. The van der Waals surface area contributed by atoms with Gasteiger partial charge in [-0.15, -0.1) is 0 Å². The molecule has 10 heteroatoms. The van der Waals surface area contributed by atoms with E-state index in [0.717, 1.165) is 22.3 Å². The molecule has 2 aliphatic rings. The van der Waals surface area contributed by atoms with Crippen molar-refractivity contribution in [1.29, 1.82) is 0 Å². The molecular formula is C34H30N8O2. The topological polar surface area (TPSA) is 132 Å². The van der Waals surface area contributed by atoms with Gasteiger partial charge in [0.1, 0.15) is 22.5 Å². The molecule has 4 aromatic rings. The monoisotopic (exact) mass is 582 g/mol. The van der Waals surface area contributed by atoms with Crippen LogP contribution in [0.3, 0.4) is 0 Å². The molecule has 0 saturated heterocycles. The summed E-state index contributed by atoms with van der Waals surface area (Å²) in [5, 5.41) is 16.6. The molecule has 44 heavy (non-hydrogen) atoms. The van der Waals surface area contributed by atoms with Gasteiger partial charge in [0, 0.05) is 12.8 Å². The van der Waals surface area contributed by atoms with Gasteiger partial charge in [-0.3, -0.25) is 20.4 Å². The minimum Gasteiger partial charge on any atom is -0.294 e. The molecule has 0 aromatic heterocycles. The normalized spacial score (nSPS) is 16.5. The van der Waals surface area contributed by atoms with Gasteiger partial charge in [-0.1, -0.05) is 121 Å². The fourth-order valence-electron chi connectivity index (χ4n) is 5.53. The van der Waals surface area contributed by atoms with Crippen molar-refractivity contribution in [2.75, 3.05) is 0 Å². The van der Waals surface area contributed by atoms with E-state index in [9.17, 15) is 9.59 Å². The number of hydrazone groups is 4. The summed E-state index contributed by atoms with van der Waals surface area (Å²) in [5.74, 6) is -0.881. The Morgan fingerprint density at radius 1 is 0.545 bits per heavy atom. The first-order chi connectivity index (χ1) is 21.6. The van der Waals surface area contributed by atoms with Gasteiger partial charge in [-0.25, -0.2) is 10.9 Å². The van der Waals surface area contributed by atoms with Gasteiger partial charge < -0.3 is 0 Å². The number of carbonyl (C=O) groups excluding carboxylic acids is 2. The summed E-state index contributed by atoms with van der Waals surface area (Å²) >= 11 is 0. The van der Waals surface area contributed by atoms with Crippen LogP contribution in [0.25, 0.3) is 0 Å². The lowest BCUT2D eigenvalue weighted by molar-refractivity contribution is -0.115. The molecule has 0 spiro atoms. The highest BCUT2D eigenvalue weighted by Gasteiger charge is 2.42. The van der Waals surface area contributed by atoms with Crippen molar-refractivity contribution in [3.8, 4) is 0 Å². The van der Waals surface area contributed by atoms with Crippen molar-refractivity contribution in [2.45, 2.75) is 23.9 Å². The molecule has 0 bridgehead atoms. The van der Waals surface area contributed by atoms with E-state index in [1.165, 1.54) is 12.4 Å². The number of hydrogen-bond donors (Lipinski definition) is 4. The Bertz CT molecular complexity index is 1530. The van der Waals surface area contributed by atoms with Crippen molar-refractivity contribution in [1.82, 2.24) is 21.7 Å². The Morgan fingerprint density at radius 2 is 0.841 bits per heavy atom. The summed E-state index contributed by atoms with van der Waals surface area (Å²) in [6, 6.07) is 39.5. The second kappa shape index (κ2) is 12.5. The number of benzene rings is 4. The van der Waals surface area contributed by atoms with E-state index in [1.807, 2.05) is 121 Å². The molecule has 10 nitrogen and oxygen atoms in total. The minimum absolute atomic E-state index is 0.312. The second-order valence-corrected chi connectivity index (χ2v) is 10.4. The zero-order valence-corrected chi connectivity index (χ0v) is 23.7. The van der Waals surface area contributed by atoms with Crippen LogP contribution in [0.5, 0.6) is 0 Å². The molecule has 218 valence electrons. The van der Waals surface area contributed by atoms with Crippen molar-refractivity contribution < 1.29 is 9.59 Å². The van der Waals surface area contributed by atoms with E-state index >= 15 is 0 Å². The molecule has 2 amide bonds. The quantitative estimate of drug-likeness (QED) is 0.177. The van der Waals surface area contributed by atoms with Gasteiger partial charge in [0.15, 0.2) is 0 Å². The summed E-state index contributed by atoms with van der Waals surface area (Å²) in [4.78, 5) is 25.7. The zero-order valence-electron chi connectivity index (χ0n) is 23.7. The molecular weight excluding hydrogens is 552 g/mol. The number of rotatable bonds is 9. The maximum absolute atomic E-state index is 12.9. The number of nitrogens with one attached hydrogen (secondary N) is 4. The molecule has 0 unspecified atom stereocenters. The van der Waals surface area contributed by atoms with Gasteiger partial charge in [0.25, 0.3) is 11.8 Å². The van der Waals surface area contributed by atoms with Crippen LogP contribution in [0, 0.1) is 0 Å². The average Bonchev–Trinajstić information content (AvgIpc) is 3.76.